The summed E-state index contributed by atoms with van der Waals surface area (Å²) in [4.78, 5) is 30.0. The van der Waals surface area contributed by atoms with E-state index >= 15 is 0 Å². The van der Waals surface area contributed by atoms with Gasteiger partial charge in [0.1, 0.15) is 0 Å². The third-order valence-electron chi connectivity index (χ3n) is 4.76. The van der Waals surface area contributed by atoms with Gasteiger partial charge >= 0.3 is 0 Å². The van der Waals surface area contributed by atoms with E-state index in [2.05, 4.69) is 10.3 Å². The molecule has 0 saturated heterocycles. The Morgan fingerprint density at radius 3 is 2.23 bits per heavy atom. The van der Waals surface area contributed by atoms with Crippen molar-refractivity contribution >= 4 is 17.5 Å². The molecule has 3 aromatic rings. The number of hydrogen-bond acceptors (Lipinski definition) is 4. The Hall–Kier alpha value is -3.51. The highest BCUT2D eigenvalue weighted by atomic mass is 16.3. The number of hydrogen-bond donors (Lipinski definition) is 2. The number of nitrogens with zero attached hydrogens (tertiary/aromatic N) is 2. The number of carbonyl (C=O) groups is 2. The average molecular weight is 403 g/mol. The lowest BCUT2D eigenvalue weighted by atomic mass is 10.0. The quantitative estimate of drug-likeness (QED) is 0.604. The van der Waals surface area contributed by atoms with Crippen LogP contribution in [0.15, 0.2) is 73.1 Å². The smallest absolute Gasteiger partial charge is 0.251 e. The molecule has 3 rings (SSSR count). The van der Waals surface area contributed by atoms with E-state index in [1.54, 1.807) is 36.4 Å². The van der Waals surface area contributed by atoms with Crippen molar-refractivity contribution in [3.63, 3.8) is 0 Å². The van der Waals surface area contributed by atoms with Crippen LogP contribution in [0.5, 0.6) is 0 Å². The average Bonchev–Trinajstić information content (AvgIpc) is 2.81. The SMILES string of the molecule is CCC(=O)N(CCO)c1ccc(-c2ccc(C(=O)NCc3cccnc3)cc2)cc1. The van der Waals surface area contributed by atoms with Crippen LogP contribution in [-0.4, -0.2) is 35.1 Å². The second-order valence-corrected chi connectivity index (χ2v) is 6.79. The van der Waals surface area contributed by atoms with Gasteiger partial charge in [-0.1, -0.05) is 37.3 Å². The Morgan fingerprint density at radius 1 is 1.00 bits per heavy atom. The van der Waals surface area contributed by atoms with Crippen molar-refractivity contribution in [2.24, 2.45) is 0 Å². The molecule has 0 aliphatic rings. The summed E-state index contributed by atoms with van der Waals surface area (Å²) in [6, 6.07) is 18.7. The molecular weight excluding hydrogens is 378 g/mol. The van der Waals surface area contributed by atoms with Crippen molar-refractivity contribution in [2.45, 2.75) is 19.9 Å². The van der Waals surface area contributed by atoms with Gasteiger partial charge in [-0.3, -0.25) is 14.6 Å². The number of anilines is 1. The molecule has 30 heavy (non-hydrogen) atoms. The summed E-state index contributed by atoms with van der Waals surface area (Å²) in [7, 11) is 0. The van der Waals surface area contributed by atoms with Crippen LogP contribution in [0.25, 0.3) is 11.1 Å². The van der Waals surface area contributed by atoms with Gasteiger partial charge in [-0.05, 0) is 47.0 Å². The number of rotatable bonds is 8. The van der Waals surface area contributed by atoms with Crippen LogP contribution in [0.1, 0.15) is 29.3 Å². The van der Waals surface area contributed by atoms with Crippen LogP contribution < -0.4 is 10.2 Å². The summed E-state index contributed by atoms with van der Waals surface area (Å²) in [6.45, 7) is 2.42. The Kier molecular flexibility index (Phi) is 7.29. The Bertz CT molecular complexity index is 971. The van der Waals surface area contributed by atoms with Gasteiger partial charge in [-0.2, -0.15) is 0 Å². The highest BCUT2D eigenvalue weighted by Gasteiger charge is 2.13. The topological polar surface area (TPSA) is 82.5 Å². The molecule has 0 fully saturated rings. The minimum Gasteiger partial charge on any atom is -0.395 e. The molecule has 0 atom stereocenters. The predicted molar refractivity (Wildman–Crippen MR) is 117 cm³/mol. The monoisotopic (exact) mass is 403 g/mol. The maximum absolute atomic E-state index is 12.3. The number of nitrogens with one attached hydrogen (secondary N) is 1. The molecule has 2 aromatic carbocycles. The van der Waals surface area contributed by atoms with E-state index in [0.717, 1.165) is 22.4 Å². The Morgan fingerprint density at radius 2 is 1.67 bits per heavy atom. The molecule has 1 aromatic heterocycles. The Balaban J connectivity index is 1.66. The molecule has 1 heterocycles. The minimum atomic E-state index is -0.140. The third kappa shape index (κ3) is 5.30. The van der Waals surface area contributed by atoms with Gasteiger partial charge < -0.3 is 15.3 Å². The maximum Gasteiger partial charge on any atom is 0.251 e. The molecule has 0 saturated carbocycles. The summed E-state index contributed by atoms with van der Waals surface area (Å²) in [5.41, 5.74) is 4.24. The first kappa shape index (κ1) is 21.2. The lowest BCUT2D eigenvalue weighted by Gasteiger charge is -2.21. The minimum absolute atomic E-state index is 0.0292. The van der Waals surface area contributed by atoms with Gasteiger partial charge in [0.05, 0.1) is 6.61 Å². The summed E-state index contributed by atoms with van der Waals surface area (Å²) in [5, 5.41) is 12.1. The first-order valence-electron chi connectivity index (χ1n) is 9.91. The number of amides is 2. The summed E-state index contributed by atoms with van der Waals surface area (Å²) in [6.07, 6.45) is 3.80. The van der Waals surface area contributed by atoms with Gasteiger partial charge in [0.2, 0.25) is 5.91 Å². The van der Waals surface area contributed by atoms with E-state index in [4.69, 9.17) is 0 Å². The molecule has 0 spiro atoms. The number of pyridine rings is 1. The summed E-state index contributed by atoms with van der Waals surface area (Å²) >= 11 is 0. The molecule has 2 amide bonds. The standard InChI is InChI=1S/C24H25N3O3/c1-2-23(29)27(14-15-28)22-11-9-20(10-12-22)19-5-7-21(8-6-19)24(30)26-17-18-4-3-13-25-16-18/h3-13,16,28H,2,14-15,17H2,1H3,(H,26,30). The number of benzene rings is 2. The number of aliphatic hydroxyl groups is 1. The van der Waals surface area contributed by atoms with Crippen molar-refractivity contribution in [2.75, 3.05) is 18.1 Å². The highest BCUT2D eigenvalue weighted by molar-refractivity contribution is 5.95. The van der Waals surface area contributed by atoms with Crippen molar-refractivity contribution in [1.29, 1.82) is 0 Å². The number of aromatic nitrogens is 1. The van der Waals surface area contributed by atoms with Crippen LogP contribution in [0.4, 0.5) is 5.69 Å². The second kappa shape index (κ2) is 10.3. The largest absolute Gasteiger partial charge is 0.395 e. The first-order valence-corrected chi connectivity index (χ1v) is 9.91. The van der Waals surface area contributed by atoms with Gasteiger partial charge in [-0.15, -0.1) is 0 Å². The normalized spacial score (nSPS) is 10.5. The zero-order chi connectivity index (χ0) is 21.3. The van der Waals surface area contributed by atoms with Gasteiger partial charge in [-0.25, -0.2) is 0 Å². The zero-order valence-corrected chi connectivity index (χ0v) is 16.9. The van der Waals surface area contributed by atoms with Crippen LogP contribution >= 0.6 is 0 Å². The van der Waals surface area contributed by atoms with E-state index < -0.39 is 0 Å². The second-order valence-electron chi connectivity index (χ2n) is 6.79. The summed E-state index contributed by atoms with van der Waals surface area (Å²) < 4.78 is 0. The van der Waals surface area contributed by atoms with Crippen LogP contribution in [-0.2, 0) is 11.3 Å². The van der Waals surface area contributed by atoms with Crippen LogP contribution in [0.3, 0.4) is 0 Å². The highest BCUT2D eigenvalue weighted by Crippen LogP contribution is 2.24. The molecule has 0 bridgehead atoms. The van der Waals surface area contributed by atoms with Crippen LogP contribution in [0.2, 0.25) is 0 Å². The van der Waals surface area contributed by atoms with Crippen molar-refractivity contribution in [1.82, 2.24) is 10.3 Å². The molecular formula is C24H25N3O3. The van der Waals surface area contributed by atoms with E-state index in [0.29, 0.717) is 18.5 Å². The third-order valence-corrected chi connectivity index (χ3v) is 4.76. The van der Waals surface area contributed by atoms with Gasteiger partial charge in [0.25, 0.3) is 5.91 Å². The molecule has 154 valence electrons. The molecule has 0 aliphatic carbocycles. The zero-order valence-electron chi connectivity index (χ0n) is 16.9. The van der Waals surface area contributed by atoms with Crippen LogP contribution in [0, 0.1) is 0 Å². The van der Waals surface area contributed by atoms with E-state index in [1.165, 1.54) is 0 Å². The molecule has 0 radical (unpaired) electrons. The van der Waals surface area contributed by atoms with Crippen molar-refractivity contribution in [3.8, 4) is 11.1 Å². The maximum atomic E-state index is 12.3. The van der Waals surface area contributed by atoms with Crippen molar-refractivity contribution in [3.05, 3.63) is 84.2 Å². The molecule has 2 N–H and O–H groups in total. The van der Waals surface area contributed by atoms with E-state index in [-0.39, 0.29) is 25.0 Å². The van der Waals surface area contributed by atoms with Crippen molar-refractivity contribution < 1.29 is 14.7 Å². The predicted octanol–water partition coefficient (Wildman–Crippen LogP) is 3.41. The van der Waals surface area contributed by atoms with Gasteiger partial charge in [0, 0.05) is 43.2 Å². The number of aliphatic hydroxyl groups excluding tert-OH is 1. The first-order chi connectivity index (χ1) is 14.6. The lowest BCUT2D eigenvalue weighted by molar-refractivity contribution is -0.118. The van der Waals surface area contributed by atoms with E-state index in [1.807, 2.05) is 48.5 Å². The lowest BCUT2D eigenvalue weighted by Crippen LogP contribution is -2.32. The van der Waals surface area contributed by atoms with E-state index in [9.17, 15) is 14.7 Å². The van der Waals surface area contributed by atoms with Gasteiger partial charge in [0.15, 0.2) is 0 Å². The molecule has 0 aliphatic heterocycles. The number of carbonyl (C=O) groups excluding carboxylic acids is 2. The molecule has 6 nitrogen and oxygen atoms in total. The fourth-order valence-corrected chi connectivity index (χ4v) is 3.12. The molecule has 6 heteroatoms. The Labute approximate surface area is 176 Å². The fraction of sp³-hybridized carbons (Fsp3) is 0.208. The molecule has 0 unspecified atom stereocenters. The summed E-state index contributed by atoms with van der Waals surface area (Å²) in [5.74, 6) is -0.170. The fourth-order valence-electron chi connectivity index (χ4n) is 3.12.